The molecule has 2 rings (SSSR count). The molecule has 0 bridgehead atoms. The Bertz CT molecular complexity index is 516. The largest absolute Gasteiger partial charge is 0.399 e. The number of nitrogens with zero attached hydrogens (tertiary/aromatic N) is 2. The van der Waals surface area contributed by atoms with Crippen LogP contribution in [0, 0.1) is 0 Å². The lowest BCUT2D eigenvalue weighted by Gasteiger charge is -2.05. The number of anilines is 2. The standard InChI is InChI=1S/C12H14N4O/c1-16-11(6-7-14-16)15-12(17)8-9-2-4-10(13)5-3-9/h2-7H,8,13H2,1H3,(H,15,17). The van der Waals surface area contributed by atoms with Crippen molar-refractivity contribution in [1.29, 1.82) is 0 Å². The predicted octanol–water partition coefficient (Wildman–Crippen LogP) is 1.18. The first-order valence-corrected chi connectivity index (χ1v) is 5.27. The molecule has 0 aliphatic rings. The van der Waals surface area contributed by atoms with E-state index in [-0.39, 0.29) is 5.91 Å². The first kappa shape index (κ1) is 11.2. The van der Waals surface area contributed by atoms with Gasteiger partial charge in [-0.1, -0.05) is 12.1 Å². The average molecular weight is 230 g/mol. The van der Waals surface area contributed by atoms with E-state index in [2.05, 4.69) is 10.4 Å². The number of aromatic nitrogens is 2. The van der Waals surface area contributed by atoms with Gasteiger partial charge in [0.05, 0.1) is 12.6 Å². The van der Waals surface area contributed by atoms with E-state index in [4.69, 9.17) is 5.73 Å². The van der Waals surface area contributed by atoms with Crippen LogP contribution in [0.5, 0.6) is 0 Å². The Morgan fingerprint density at radius 1 is 1.35 bits per heavy atom. The Morgan fingerprint density at radius 3 is 2.65 bits per heavy atom. The molecular formula is C12H14N4O. The number of benzene rings is 1. The number of carbonyl (C=O) groups is 1. The minimum absolute atomic E-state index is 0.0710. The molecule has 5 nitrogen and oxygen atoms in total. The van der Waals surface area contributed by atoms with Crippen molar-refractivity contribution in [2.45, 2.75) is 6.42 Å². The fourth-order valence-corrected chi connectivity index (χ4v) is 1.50. The van der Waals surface area contributed by atoms with Crippen LogP contribution in [-0.4, -0.2) is 15.7 Å². The summed E-state index contributed by atoms with van der Waals surface area (Å²) in [6.07, 6.45) is 1.96. The van der Waals surface area contributed by atoms with Gasteiger partial charge in [0.2, 0.25) is 5.91 Å². The summed E-state index contributed by atoms with van der Waals surface area (Å²) in [5.41, 5.74) is 7.20. The van der Waals surface area contributed by atoms with Gasteiger partial charge in [-0.15, -0.1) is 0 Å². The van der Waals surface area contributed by atoms with Gasteiger partial charge in [0.15, 0.2) is 0 Å². The quantitative estimate of drug-likeness (QED) is 0.778. The van der Waals surface area contributed by atoms with E-state index < -0.39 is 0 Å². The number of carbonyl (C=O) groups excluding carboxylic acids is 1. The van der Waals surface area contributed by atoms with Gasteiger partial charge in [-0.2, -0.15) is 5.10 Å². The Kier molecular flexibility index (Phi) is 3.09. The van der Waals surface area contributed by atoms with Crippen LogP contribution in [0.3, 0.4) is 0 Å². The number of nitrogens with one attached hydrogen (secondary N) is 1. The molecule has 1 amide bonds. The molecule has 88 valence electrons. The van der Waals surface area contributed by atoms with Gasteiger partial charge in [0.25, 0.3) is 0 Å². The third kappa shape index (κ3) is 2.84. The SMILES string of the molecule is Cn1nccc1NC(=O)Cc1ccc(N)cc1. The summed E-state index contributed by atoms with van der Waals surface area (Å²) >= 11 is 0. The Balaban J connectivity index is 1.98. The van der Waals surface area contributed by atoms with Crippen LogP contribution in [0.4, 0.5) is 11.5 Å². The predicted molar refractivity (Wildman–Crippen MR) is 66.4 cm³/mol. The van der Waals surface area contributed by atoms with Crippen LogP contribution >= 0.6 is 0 Å². The van der Waals surface area contributed by atoms with Crippen molar-refractivity contribution >= 4 is 17.4 Å². The molecule has 0 aliphatic carbocycles. The molecule has 0 atom stereocenters. The molecule has 0 saturated carbocycles. The highest BCUT2D eigenvalue weighted by Gasteiger charge is 2.06. The molecule has 0 saturated heterocycles. The molecule has 1 aromatic heterocycles. The lowest BCUT2D eigenvalue weighted by atomic mass is 10.1. The zero-order chi connectivity index (χ0) is 12.3. The maximum absolute atomic E-state index is 11.7. The summed E-state index contributed by atoms with van der Waals surface area (Å²) in [4.78, 5) is 11.7. The van der Waals surface area contributed by atoms with Gasteiger partial charge in [-0.25, -0.2) is 0 Å². The van der Waals surface area contributed by atoms with Gasteiger partial charge >= 0.3 is 0 Å². The number of hydrogen-bond donors (Lipinski definition) is 2. The van der Waals surface area contributed by atoms with Gasteiger partial charge in [0.1, 0.15) is 5.82 Å². The highest BCUT2D eigenvalue weighted by molar-refractivity contribution is 5.91. The van der Waals surface area contributed by atoms with Crippen LogP contribution < -0.4 is 11.1 Å². The van der Waals surface area contributed by atoms with Gasteiger partial charge < -0.3 is 11.1 Å². The van der Waals surface area contributed by atoms with Crippen molar-refractivity contribution in [3.05, 3.63) is 42.1 Å². The Hall–Kier alpha value is -2.30. The molecular weight excluding hydrogens is 216 g/mol. The van der Waals surface area contributed by atoms with Crippen LogP contribution in [0.15, 0.2) is 36.5 Å². The second kappa shape index (κ2) is 4.69. The molecule has 1 aromatic carbocycles. The number of amides is 1. The molecule has 0 spiro atoms. The maximum Gasteiger partial charge on any atom is 0.229 e. The van der Waals surface area contributed by atoms with Gasteiger partial charge in [0, 0.05) is 18.8 Å². The van der Waals surface area contributed by atoms with E-state index in [1.165, 1.54) is 0 Å². The van der Waals surface area contributed by atoms with Crippen molar-refractivity contribution < 1.29 is 4.79 Å². The third-order valence-electron chi connectivity index (χ3n) is 2.43. The molecule has 1 heterocycles. The Labute approximate surface area is 99.2 Å². The molecule has 17 heavy (non-hydrogen) atoms. The first-order chi connectivity index (χ1) is 8.15. The van der Waals surface area contributed by atoms with E-state index in [0.717, 1.165) is 5.56 Å². The summed E-state index contributed by atoms with van der Waals surface area (Å²) in [6.45, 7) is 0. The van der Waals surface area contributed by atoms with Crippen LogP contribution in [0.1, 0.15) is 5.56 Å². The van der Waals surface area contributed by atoms with Gasteiger partial charge in [-0.3, -0.25) is 9.48 Å². The lowest BCUT2D eigenvalue weighted by Crippen LogP contribution is -2.16. The number of nitrogen functional groups attached to an aromatic ring is 1. The maximum atomic E-state index is 11.7. The smallest absolute Gasteiger partial charge is 0.229 e. The van der Waals surface area contributed by atoms with Crippen LogP contribution in [0.25, 0.3) is 0 Å². The number of nitrogens with two attached hydrogens (primary N) is 1. The summed E-state index contributed by atoms with van der Waals surface area (Å²) < 4.78 is 1.61. The van der Waals surface area contributed by atoms with Crippen molar-refractivity contribution in [1.82, 2.24) is 9.78 Å². The van der Waals surface area contributed by atoms with Crippen molar-refractivity contribution in [3.63, 3.8) is 0 Å². The van der Waals surface area contributed by atoms with Crippen molar-refractivity contribution in [2.75, 3.05) is 11.1 Å². The monoisotopic (exact) mass is 230 g/mol. The average Bonchev–Trinajstić information content (AvgIpc) is 2.68. The van der Waals surface area contributed by atoms with Gasteiger partial charge in [-0.05, 0) is 17.7 Å². The van der Waals surface area contributed by atoms with E-state index in [0.29, 0.717) is 17.9 Å². The summed E-state index contributed by atoms with van der Waals surface area (Å²) in [7, 11) is 1.78. The lowest BCUT2D eigenvalue weighted by molar-refractivity contribution is -0.115. The fraction of sp³-hybridized carbons (Fsp3) is 0.167. The summed E-state index contributed by atoms with van der Waals surface area (Å²) in [6, 6.07) is 9.01. The first-order valence-electron chi connectivity index (χ1n) is 5.27. The minimum atomic E-state index is -0.0710. The topological polar surface area (TPSA) is 72.9 Å². The second-order valence-electron chi connectivity index (χ2n) is 3.81. The highest BCUT2D eigenvalue weighted by Crippen LogP contribution is 2.08. The van der Waals surface area contributed by atoms with E-state index in [1.807, 2.05) is 12.1 Å². The van der Waals surface area contributed by atoms with Crippen molar-refractivity contribution in [2.24, 2.45) is 7.05 Å². The van der Waals surface area contributed by atoms with E-state index in [9.17, 15) is 4.79 Å². The van der Waals surface area contributed by atoms with Crippen LogP contribution in [0.2, 0.25) is 0 Å². The normalized spacial score (nSPS) is 10.2. The molecule has 0 radical (unpaired) electrons. The van der Waals surface area contributed by atoms with Crippen molar-refractivity contribution in [3.8, 4) is 0 Å². The second-order valence-corrected chi connectivity index (χ2v) is 3.81. The minimum Gasteiger partial charge on any atom is -0.399 e. The number of rotatable bonds is 3. The fourth-order valence-electron chi connectivity index (χ4n) is 1.50. The summed E-state index contributed by atoms with van der Waals surface area (Å²) in [5, 5.41) is 6.76. The number of hydrogen-bond acceptors (Lipinski definition) is 3. The molecule has 0 unspecified atom stereocenters. The zero-order valence-corrected chi connectivity index (χ0v) is 9.55. The Morgan fingerprint density at radius 2 is 2.06 bits per heavy atom. The van der Waals surface area contributed by atoms with E-state index >= 15 is 0 Å². The zero-order valence-electron chi connectivity index (χ0n) is 9.55. The number of aryl methyl sites for hydroxylation is 1. The molecule has 2 aromatic rings. The third-order valence-corrected chi connectivity index (χ3v) is 2.43. The van der Waals surface area contributed by atoms with E-state index in [1.54, 1.807) is 36.1 Å². The summed E-state index contributed by atoms with van der Waals surface area (Å²) in [5.74, 6) is 0.615. The molecule has 0 fully saturated rings. The molecule has 0 aliphatic heterocycles. The molecule has 3 N–H and O–H groups in total. The highest BCUT2D eigenvalue weighted by atomic mass is 16.1. The molecule has 5 heteroatoms. The van der Waals surface area contributed by atoms with Crippen LogP contribution in [-0.2, 0) is 18.3 Å².